The third-order valence-electron chi connectivity index (χ3n) is 1.99. The van der Waals surface area contributed by atoms with Crippen molar-refractivity contribution >= 4 is 46.9 Å². The summed E-state index contributed by atoms with van der Waals surface area (Å²) in [6.07, 6.45) is -0.736. The molecule has 5 nitrogen and oxygen atoms in total. The molecule has 1 aromatic carbocycles. The topological polar surface area (TPSA) is 64.6 Å². The van der Waals surface area contributed by atoms with Crippen molar-refractivity contribution in [3.63, 3.8) is 0 Å². The van der Waals surface area contributed by atoms with Crippen LogP contribution >= 0.6 is 34.8 Å². The number of ether oxygens (including phenoxy) is 2. The van der Waals surface area contributed by atoms with Gasteiger partial charge in [0.25, 0.3) is 0 Å². The minimum Gasteiger partial charge on any atom is -0.460 e. The third-order valence-corrected chi connectivity index (χ3v) is 2.31. The maximum absolute atomic E-state index is 11.3. The summed E-state index contributed by atoms with van der Waals surface area (Å²) in [5.74, 6) is -0.729. The fourth-order valence-corrected chi connectivity index (χ4v) is 1.30. The second kappa shape index (κ2) is 8.19. The van der Waals surface area contributed by atoms with Gasteiger partial charge in [0.05, 0.1) is 0 Å². The van der Waals surface area contributed by atoms with Crippen LogP contribution in [0.2, 0.25) is 0 Å². The van der Waals surface area contributed by atoms with Crippen LogP contribution in [-0.2, 0) is 20.9 Å². The molecule has 110 valence electrons. The van der Waals surface area contributed by atoms with Crippen LogP contribution in [0.15, 0.2) is 30.3 Å². The first-order valence-electron chi connectivity index (χ1n) is 5.54. The van der Waals surface area contributed by atoms with Gasteiger partial charge in [0.1, 0.15) is 19.8 Å². The van der Waals surface area contributed by atoms with Crippen molar-refractivity contribution in [1.29, 1.82) is 0 Å². The van der Waals surface area contributed by atoms with Crippen LogP contribution in [0.4, 0.5) is 4.79 Å². The largest absolute Gasteiger partial charge is 0.460 e. The normalized spacial score (nSPS) is 10.8. The average Bonchev–Trinajstić information content (AvgIpc) is 2.41. The Morgan fingerprint density at radius 2 is 1.75 bits per heavy atom. The van der Waals surface area contributed by atoms with Crippen LogP contribution < -0.4 is 5.32 Å². The fraction of sp³-hybridized carbons (Fsp3) is 0.333. The third kappa shape index (κ3) is 8.09. The summed E-state index contributed by atoms with van der Waals surface area (Å²) in [4.78, 5) is 22.5. The van der Waals surface area contributed by atoms with E-state index >= 15 is 0 Å². The van der Waals surface area contributed by atoms with Crippen LogP contribution in [0.5, 0.6) is 0 Å². The molecule has 0 saturated heterocycles. The number of benzene rings is 1. The Hall–Kier alpha value is -1.17. The molecular formula is C12H12Cl3NO4. The lowest BCUT2D eigenvalue weighted by Gasteiger charge is -2.11. The second-order valence-electron chi connectivity index (χ2n) is 3.69. The van der Waals surface area contributed by atoms with E-state index in [2.05, 4.69) is 10.1 Å². The van der Waals surface area contributed by atoms with E-state index < -0.39 is 22.5 Å². The van der Waals surface area contributed by atoms with Gasteiger partial charge >= 0.3 is 12.1 Å². The molecule has 8 heteroatoms. The molecule has 0 saturated carbocycles. The standard InChI is InChI=1S/C12H12Cl3NO4/c13-12(14,15)8-20-10(17)6-16-11(18)19-7-9-4-2-1-3-5-9/h1-5H,6-8H2,(H,16,18). The smallest absolute Gasteiger partial charge is 0.407 e. The van der Waals surface area contributed by atoms with Crippen molar-refractivity contribution in [2.45, 2.75) is 10.4 Å². The molecule has 0 aromatic heterocycles. The summed E-state index contributed by atoms with van der Waals surface area (Å²) in [5.41, 5.74) is 0.835. The Morgan fingerprint density at radius 1 is 1.10 bits per heavy atom. The number of alkyl halides is 3. The monoisotopic (exact) mass is 339 g/mol. The predicted molar refractivity (Wildman–Crippen MR) is 75.9 cm³/mol. The van der Waals surface area contributed by atoms with E-state index in [1.54, 1.807) is 0 Å². The molecule has 1 amide bonds. The molecule has 0 aliphatic carbocycles. The van der Waals surface area contributed by atoms with E-state index in [0.717, 1.165) is 5.56 Å². The number of carbonyl (C=O) groups excluding carboxylic acids is 2. The van der Waals surface area contributed by atoms with Crippen molar-refractivity contribution in [1.82, 2.24) is 5.32 Å². The van der Waals surface area contributed by atoms with Crippen LogP contribution in [0, 0.1) is 0 Å². The number of hydrogen-bond donors (Lipinski definition) is 1. The first-order valence-corrected chi connectivity index (χ1v) is 6.67. The molecule has 0 spiro atoms. The van der Waals surface area contributed by atoms with Gasteiger partial charge in [-0.25, -0.2) is 4.79 Å². The Labute approximate surface area is 131 Å². The molecule has 20 heavy (non-hydrogen) atoms. The molecule has 0 bridgehead atoms. The number of halogens is 3. The van der Waals surface area contributed by atoms with Gasteiger partial charge in [-0.2, -0.15) is 0 Å². The molecule has 0 aliphatic rings. The molecule has 0 unspecified atom stereocenters. The number of amides is 1. The van der Waals surface area contributed by atoms with Crippen molar-refractivity contribution in [3.05, 3.63) is 35.9 Å². The summed E-state index contributed by atoms with van der Waals surface area (Å²) in [6, 6.07) is 9.12. The first kappa shape index (κ1) is 16.9. The van der Waals surface area contributed by atoms with Gasteiger partial charge in [0.2, 0.25) is 3.79 Å². The highest BCUT2D eigenvalue weighted by atomic mass is 35.6. The lowest BCUT2D eigenvalue weighted by molar-refractivity contribution is -0.142. The SMILES string of the molecule is O=C(CNC(=O)OCc1ccccc1)OCC(Cl)(Cl)Cl. The zero-order valence-corrected chi connectivity index (χ0v) is 12.5. The Balaban J connectivity index is 2.18. The van der Waals surface area contributed by atoms with E-state index in [1.165, 1.54) is 0 Å². The molecule has 1 aromatic rings. The minimum atomic E-state index is -1.68. The number of hydrogen-bond acceptors (Lipinski definition) is 4. The highest BCUT2D eigenvalue weighted by Crippen LogP contribution is 2.25. The van der Waals surface area contributed by atoms with E-state index in [0.29, 0.717) is 0 Å². The zero-order valence-electron chi connectivity index (χ0n) is 10.3. The minimum absolute atomic E-state index is 0.107. The van der Waals surface area contributed by atoms with Crippen LogP contribution in [0.3, 0.4) is 0 Å². The van der Waals surface area contributed by atoms with Gasteiger partial charge in [-0.3, -0.25) is 4.79 Å². The summed E-state index contributed by atoms with van der Waals surface area (Å²) in [6.45, 7) is -0.651. The number of nitrogens with one attached hydrogen (secondary N) is 1. The van der Waals surface area contributed by atoms with Gasteiger partial charge in [-0.15, -0.1) is 0 Å². The number of rotatable bonds is 5. The molecule has 0 heterocycles. The lowest BCUT2D eigenvalue weighted by atomic mass is 10.2. The maximum atomic E-state index is 11.3. The highest BCUT2D eigenvalue weighted by molar-refractivity contribution is 6.67. The van der Waals surface area contributed by atoms with E-state index in [1.807, 2.05) is 30.3 Å². The van der Waals surface area contributed by atoms with Crippen LogP contribution in [-0.4, -0.2) is 29.0 Å². The second-order valence-corrected chi connectivity index (χ2v) is 6.21. The molecule has 1 rings (SSSR count). The summed E-state index contributed by atoms with van der Waals surface area (Å²) >= 11 is 16.2. The van der Waals surface area contributed by atoms with Crippen molar-refractivity contribution < 1.29 is 19.1 Å². The average molecular weight is 341 g/mol. The van der Waals surface area contributed by atoms with E-state index in [4.69, 9.17) is 39.5 Å². The number of alkyl carbamates (subject to hydrolysis) is 1. The molecule has 0 fully saturated rings. The van der Waals surface area contributed by atoms with Crippen molar-refractivity contribution in [2.24, 2.45) is 0 Å². The van der Waals surface area contributed by atoms with Gasteiger partial charge in [0.15, 0.2) is 0 Å². The van der Waals surface area contributed by atoms with Gasteiger partial charge in [0, 0.05) is 0 Å². The van der Waals surface area contributed by atoms with Crippen molar-refractivity contribution in [3.8, 4) is 0 Å². The van der Waals surface area contributed by atoms with Gasteiger partial charge < -0.3 is 14.8 Å². The number of carbonyl (C=O) groups is 2. The van der Waals surface area contributed by atoms with Crippen LogP contribution in [0.25, 0.3) is 0 Å². The van der Waals surface area contributed by atoms with E-state index in [-0.39, 0.29) is 13.2 Å². The van der Waals surface area contributed by atoms with Gasteiger partial charge in [-0.05, 0) is 5.56 Å². The zero-order chi connectivity index (χ0) is 15.0. The summed E-state index contributed by atoms with van der Waals surface area (Å²) in [7, 11) is 0. The lowest BCUT2D eigenvalue weighted by Crippen LogP contribution is -2.32. The maximum Gasteiger partial charge on any atom is 0.407 e. The molecule has 0 radical (unpaired) electrons. The summed E-state index contributed by atoms with van der Waals surface area (Å²) < 4.78 is 7.83. The predicted octanol–water partition coefficient (Wildman–Crippen LogP) is 2.83. The Morgan fingerprint density at radius 3 is 2.35 bits per heavy atom. The molecule has 0 atom stereocenters. The quantitative estimate of drug-likeness (QED) is 0.661. The molecular weight excluding hydrogens is 328 g/mol. The Bertz CT molecular complexity index is 448. The number of esters is 1. The van der Waals surface area contributed by atoms with Crippen LogP contribution in [0.1, 0.15) is 5.56 Å². The Kier molecular flexibility index (Phi) is 6.91. The highest BCUT2D eigenvalue weighted by Gasteiger charge is 2.22. The molecule has 0 aliphatic heterocycles. The van der Waals surface area contributed by atoms with Gasteiger partial charge in [-0.1, -0.05) is 65.1 Å². The first-order chi connectivity index (χ1) is 9.37. The van der Waals surface area contributed by atoms with E-state index in [9.17, 15) is 9.59 Å². The molecule has 1 N–H and O–H groups in total. The van der Waals surface area contributed by atoms with Crippen molar-refractivity contribution in [2.75, 3.05) is 13.2 Å². The summed E-state index contributed by atoms with van der Waals surface area (Å²) in [5, 5.41) is 2.22. The fourth-order valence-electron chi connectivity index (χ4n) is 1.13.